The highest BCUT2D eigenvalue weighted by Crippen LogP contribution is 2.28. The molecule has 0 aliphatic carbocycles. The van der Waals surface area contributed by atoms with Crippen LogP contribution in [0.4, 0.5) is 0 Å². The minimum Gasteiger partial charge on any atom is -0.444 e. The lowest BCUT2D eigenvalue weighted by molar-refractivity contribution is 0.315. The van der Waals surface area contributed by atoms with Crippen LogP contribution < -0.4 is 0 Å². The first kappa shape index (κ1) is 19.2. The highest BCUT2D eigenvalue weighted by Gasteiger charge is 2.24. The van der Waals surface area contributed by atoms with Crippen LogP contribution in [-0.2, 0) is 14.8 Å². The summed E-state index contributed by atoms with van der Waals surface area (Å²) in [6, 6.07) is 8.08. The molecular formula is C15H13Br2NO4S2. The van der Waals surface area contributed by atoms with E-state index in [1.807, 2.05) is 6.92 Å². The van der Waals surface area contributed by atoms with Crippen LogP contribution in [0.25, 0.3) is 0 Å². The molecule has 1 aromatic heterocycles. The second-order valence-electron chi connectivity index (χ2n) is 4.80. The molecular weight excluding hydrogens is 482 g/mol. The summed E-state index contributed by atoms with van der Waals surface area (Å²) in [6.07, 6.45) is 0. The lowest BCUT2D eigenvalue weighted by atomic mass is 10.2. The number of nitrogens with zero attached hydrogens (tertiary/aromatic N) is 1. The molecule has 0 atom stereocenters. The smallest absolute Gasteiger partial charge is 0.266 e. The van der Waals surface area contributed by atoms with Gasteiger partial charge in [0.1, 0.15) is 0 Å². The fourth-order valence-corrected chi connectivity index (χ4v) is 3.55. The number of benzene rings is 1. The van der Waals surface area contributed by atoms with Crippen LogP contribution in [0.1, 0.15) is 11.3 Å². The average molecular weight is 495 g/mol. The monoisotopic (exact) mass is 493 g/mol. The summed E-state index contributed by atoms with van der Waals surface area (Å²) in [5.74, 6) is 0.134. The maximum Gasteiger partial charge on any atom is 0.266 e. The predicted octanol–water partition coefficient (Wildman–Crippen LogP) is 4.60. The summed E-state index contributed by atoms with van der Waals surface area (Å²) in [4.78, 5) is 0.134. The lowest BCUT2D eigenvalue weighted by Gasteiger charge is -2.21. The van der Waals surface area contributed by atoms with E-state index in [0.29, 0.717) is 9.14 Å². The molecule has 128 valence electrons. The van der Waals surface area contributed by atoms with Gasteiger partial charge in [0.15, 0.2) is 10.4 Å². The summed E-state index contributed by atoms with van der Waals surface area (Å²) in [5, 5.41) is -0.0302. The number of hydrogen-bond donors (Lipinski definition) is 0. The number of thiocarbonyl (C=S) groups is 1. The Morgan fingerprint density at radius 1 is 1.29 bits per heavy atom. The van der Waals surface area contributed by atoms with Gasteiger partial charge in [-0.1, -0.05) is 17.7 Å². The molecule has 0 spiro atoms. The van der Waals surface area contributed by atoms with Crippen LogP contribution in [0.5, 0.6) is 0 Å². The fourth-order valence-electron chi connectivity index (χ4n) is 1.67. The largest absolute Gasteiger partial charge is 0.444 e. The summed E-state index contributed by atoms with van der Waals surface area (Å²) >= 11 is 11.6. The van der Waals surface area contributed by atoms with Crippen molar-refractivity contribution in [3.8, 4) is 0 Å². The van der Waals surface area contributed by atoms with Crippen molar-refractivity contribution in [2.75, 3.05) is 7.05 Å². The summed E-state index contributed by atoms with van der Waals surface area (Å²) < 4.78 is 37.9. The second kappa shape index (κ2) is 7.38. The normalized spacial score (nSPS) is 11.2. The van der Waals surface area contributed by atoms with Gasteiger partial charge in [0.25, 0.3) is 10.0 Å². The maximum absolute atomic E-state index is 12.6. The zero-order valence-corrected chi connectivity index (χ0v) is 17.6. The van der Waals surface area contributed by atoms with E-state index in [4.69, 9.17) is 21.4 Å². The van der Waals surface area contributed by atoms with Crippen LogP contribution in [0.3, 0.4) is 0 Å². The van der Waals surface area contributed by atoms with Crippen molar-refractivity contribution >= 4 is 59.2 Å². The van der Waals surface area contributed by atoms with Gasteiger partial charge in [-0.2, -0.15) is 0 Å². The Bertz CT molecular complexity index is 869. The average Bonchev–Trinajstić information content (AvgIpc) is 2.86. The van der Waals surface area contributed by atoms with E-state index in [0.717, 1.165) is 9.87 Å². The quantitative estimate of drug-likeness (QED) is 0.449. The SMILES string of the molecule is C=C(OC(=S)c1cc(Br)c(Br)o1)N(C)S(=O)(=O)c1ccc(C)cc1. The molecule has 2 aromatic rings. The van der Waals surface area contributed by atoms with E-state index in [1.165, 1.54) is 19.2 Å². The molecule has 0 unspecified atom stereocenters. The maximum atomic E-state index is 12.6. The van der Waals surface area contributed by atoms with Gasteiger partial charge in [-0.15, -0.1) is 0 Å². The Balaban J connectivity index is 2.16. The molecule has 0 N–H and O–H groups in total. The molecule has 0 fully saturated rings. The van der Waals surface area contributed by atoms with Crippen LogP contribution in [-0.4, -0.2) is 24.8 Å². The first-order chi connectivity index (χ1) is 11.1. The highest BCUT2D eigenvalue weighted by atomic mass is 79.9. The topological polar surface area (TPSA) is 59.8 Å². The zero-order valence-electron chi connectivity index (χ0n) is 12.7. The minimum absolute atomic E-state index is 0.0302. The number of aryl methyl sites for hydroxylation is 1. The number of sulfonamides is 1. The Morgan fingerprint density at radius 2 is 1.88 bits per heavy atom. The number of halogens is 2. The number of furan rings is 1. The van der Waals surface area contributed by atoms with Gasteiger partial charge in [-0.25, -0.2) is 12.7 Å². The van der Waals surface area contributed by atoms with Crippen LogP contribution in [0.2, 0.25) is 0 Å². The molecule has 5 nitrogen and oxygen atoms in total. The van der Waals surface area contributed by atoms with Gasteiger partial charge in [-0.05, 0) is 69.7 Å². The van der Waals surface area contributed by atoms with Gasteiger partial charge in [0.05, 0.1) is 9.37 Å². The molecule has 0 saturated heterocycles. The molecule has 0 aliphatic rings. The molecule has 1 heterocycles. The van der Waals surface area contributed by atoms with Gasteiger partial charge in [0, 0.05) is 13.1 Å². The van der Waals surface area contributed by atoms with Crippen LogP contribution in [0.15, 0.2) is 61.2 Å². The molecule has 2 rings (SSSR count). The van der Waals surface area contributed by atoms with E-state index in [1.54, 1.807) is 18.2 Å². The molecule has 0 amide bonds. The predicted molar refractivity (Wildman–Crippen MR) is 102 cm³/mol. The van der Waals surface area contributed by atoms with E-state index in [9.17, 15) is 8.42 Å². The number of ether oxygens (including phenoxy) is 1. The molecule has 24 heavy (non-hydrogen) atoms. The van der Waals surface area contributed by atoms with Crippen molar-refractivity contribution in [2.24, 2.45) is 0 Å². The molecule has 0 saturated carbocycles. The lowest BCUT2D eigenvalue weighted by Crippen LogP contribution is -2.28. The van der Waals surface area contributed by atoms with Crippen molar-refractivity contribution in [3.63, 3.8) is 0 Å². The van der Waals surface area contributed by atoms with E-state index in [2.05, 4.69) is 38.4 Å². The Morgan fingerprint density at radius 3 is 2.38 bits per heavy atom. The third-order valence-corrected chi connectivity index (χ3v) is 6.87. The fraction of sp³-hybridized carbons (Fsp3) is 0.133. The third kappa shape index (κ3) is 4.08. The highest BCUT2D eigenvalue weighted by molar-refractivity contribution is 9.13. The standard InChI is InChI=1S/C15H13Br2NO4S2/c1-9-4-6-11(7-5-9)24(19,20)18(3)10(2)21-15(23)13-8-12(16)14(17)22-13/h4-8H,2H2,1,3H3. The molecule has 0 bridgehead atoms. The zero-order chi connectivity index (χ0) is 18.1. The molecule has 1 aromatic carbocycles. The summed E-state index contributed by atoms with van der Waals surface area (Å²) in [7, 11) is -2.44. The van der Waals surface area contributed by atoms with Gasteiger partial charge in [-0.3, -0.25) is 0 Å². The Hall–Kier alpha value is -1.16. The number of rotatable bonds is 5. The second-order valence-corrected chi connectivity index (χ2v) is 8.72. The van der Waals surface area contributed by atoms with Crippen molar-refractivity contribution in [3.05, 3.63) is 63.3 Å². The Kier molecular flexibility index (Phi) is 5.90. The summed E-state index contributed by atoms with van der Waals surface area (Å²) in [5.41, 5.74) is 0.960. The van der Waals surface area contributed by atoms with Crippen molar-refractivity contribution < 1.29 is 17.6 Å². The molecule has 0 radical (unpaired) electrons. The molecule has 9 heteroatoms. The van der Waals surface area contributed by atoms with Crippen LogP contribution in [0, 0.1) is 6.92 Å². The van der Waals surface area contributed by atoms with Crippen molar-refractivity contribution in [2.45, 2.75) is 11.8 Å². The van der Waals surface area contributed by atoms with Crippen molar-refractivity contribution in [1.82, 2.24) is 4.31 Å². The van der Waals surface area contributed by atoms with Crippen molar-refractivity contribution in [1.29, 1.82) is 0 Å². The Labute approximate surface area is 162 Å². The first-order valence-corrected chi connectivity index (χ1v) is 9.98. The van der Waals surface area contributed by atoms with E-state index < -0.39 is 10.0 Å². The van der Waals surface area contributed by atoms with Crippen LogP contribution >= 0.6 is 44.1 Å². The number of hydrogen-bond acceptors (Lipinski definition) is 5. The van der Waals surface area contributed by atoms with Gasteiger partial charge >= 0.3 is 0 Å². The third-order valence-electron chi connectivity index (χ3n) is 3.09. The minimum atomic E-state index is -3.79. The first-order valence-electron chi connectivity index (χ1n) is 6.54. The van der Waals surface area contributed by atoms with Gasteiger partial charge in [0.2, 0.25) is 10.9 Å². The van der Waals surface area contributed by atoms with E-state index >= 15 is 0 Å². The van der Waals surface area contributed by atoms with Gasteiger partial charge < -0.3 is 9.15 Å². The summed E-state index contributed by atoms with van der Waals surface area (Å²) in [6.45, 7) is 5.51. The molecule has 0 aliphatic heterocycles. The van der Waals surface area contributed by atoms with E-state index in [-0.39, 0.29) is 21.6 Å².